The Morgan fingerprint density at radius 1 is 1.03 bits per heavy atom. The molecule has 2 aromatic carbocycles. The normalized spacial score (nSPS) is 19.8. The second-order valence-electron chi connectivity index (χ2n) is 8.26. The summed E-state index contributed by atoms with van der Waals surface area (Å²) in [6.45, 7) is 7.60. The predicted molar refractivity (Wildman–Crippen MR) is 117 cm³/mol. The molecule has 2 amide bonds. The van der Waals surface area contributed by atoms with Crippen LogP contribution in [0, 0.1) is 25.6 Å². The summed E-state index contributed by atoms with van der Waals surface area (Å²) in [6, 6.07) is 9.71. The van der Waals surface area contributed by atoms with Crippen molar-refractivity contribution in [2.75, 3.05) is 18.0 Å². The summed E-state index contributed by atoms with van der Waals surface area (Å²) >= 11 is 5.94. The minimum atomic E-state index is -0.591. The van der Waals surface area contributed by atoms with E-state index in [4.69, 9.17) is 11.6 Å². The third-order valence-electron chi connectivity index (χ3n) is 5.99. The Kier molecular flexibility index (Phi) is 5.41. The molecule has 0 radical (unpaired) electrons. The van der Waals surface area contributed by atoms with Crippen LogP contribution in [-0.2, 0) is 9.59 Å². The molecule has 4 rings (SSSR count). The van der Waals surface area contributed by atoms with Gasteiger partial charge in [-0.05, 0) is 67.5 Å². The van der Waals surface area contributed by atoms with Gasteiger partial charge in [-0.2, -0.15) is 0 Å². The van der Waals surface area contributed by atoms with Crippen molar-refractivity contribution in [2.24, 2.45) is 5.92 Å². The van der Waals surface area contributed by atoms with E-state index >= 15 is 0 Å². The first-order valence-electron chi connectivity index (χ1n) is 10.2. The molecule has 2 aliphatic heterocycles. The summed E-state index contributed by atoms with van der Waals surface area (Å²) in [4.78, 5) is 30.2. The first kappa shape index (κ1) is 20.6. The van der Waals surface area contributed by atoms with E-state index in [1.807, 2.05) is 36.9 Å². The second-order valence-corrected chi connectivity index (χ2v) is 8.67. The van der Waals surface area contributed by atoms with Crippen LogP contribution in [0.1, 0.15) is 36.5 Å². The maximum Gasteiger partial charge on any atom is 0.282 e. The minimum Gasteiger partial charge on any atom is -0.366 e. The summed E-state index contributed by atoms with van der Waals surface area (Å²) in [5.41, 5.74) is 3.99. The molecule has 0 spiro atoms. The van der Waals surface area contributed by atoms with Crippen molar-refractivity contribution in [1.82, 2.24) is 4.90 Å². The molecule has 1 unspecified atom stereocenters. The Hall–Kier alpha value is -2.66. The Balaban J connectivity index is 1.85. The summed E-state index contributed by atoms with van der Waals surface area (Å²) in [7, 11) is 0. The molecule has 2 heterocycles. The Morgan fingerprint density at radius 3 is 2.47 bits per heavy atom. The lowest BCUT2D eigenvalue weighted by Crippen LogP contribution is -2.39. The van der Waals surface area contributed by atoms with Crippen LogP contribution in [0.2, 0.25) is 5.02 Å². The van der Waals surface area contributed by atoms with Crippen LogP contribution in [0.4, 0.5) is 10.1 Å². The first-order chi connectivity index (χ1) is 14.3. The highest BCUT2D eigenvalue weighted by atomic mass is 35.5. The molecular weight excluding hydrogens is 403 g/mol. The number of piperidine rings is 1. The molecule has 1 fully saturated rings. The number of likely N-dealkylation sites (tertiary alicyclic amines) is 1. The summed E-state index contributed by atoms with van der Waals surface area (Å²) in [5, 5.41) is -0.124. The number of carbonyl (C=O) groups is 2. The van der Waals surface area contributed by atoms with E-state index in [1.165, 1.54) is 18.2 Å². The van der Waals surface area contributed by atoms with E-state index < -0.39 is 11.7 Å². The monoisotopic (exact) mass is 426 g/mol. The largest absolute Gasteiger partial charge is 0.366 e. The van der Waals surface area contributed by atoms with Crippen molar-refractivity contribution in [2.45, 2.75) is 33.6 Å². The first-order valence-corrected chi connectivity index (χ1v) is 10.6. The zero-order valence-electron chi connectivity index (χ0n) is 17.3. The third kappa shape index (κ3) is 3.52. The van der Waals surface area contributed by atoms with Gasteiger partial charge in [0.25, 0.3) is 11.8 Å². The van der Waals surface area contributed by atoms with Gasteiger partial charge in [0.2, 0.25) is 0 Å². The topological polar surface area (TPSA) is 40.6 Å². The number of aryl methyl sites for hydroxylation is 2. The van der Waals surface area contributed by atoms with Gasteiger partial charge < -0.3 is 4.90 Å². The highest BCUT2D eigenvalue weighted by molar-refractivity contribution is 6.45. The number of halogens is 2. The van der Waals surface area contributed by atoms with Gasteiger partial charge >= 0.3 is 0 Å². The van der Waals surface area contributed by atoms with Crippen molar-refractivity contribution >= 4 is 34.7 Å². The molecule has 2 aliphatic rings. The van der Waals surface area contributed by atoms with Crippen molar-refractivity contribution in [1.29, 1.82) is 0 Å². The van der Waals surface area contributed by atoms with Gasteiger partial charge in [0.15, 0.2) is 0 Å². The highest BCUT2D eigenvalue weighted by Crippen LogP contribution is 2.37. The fraction of sp³-hybridized carbons (Fsp3) is 0.333. The number of hydrogen-bond donors (Lipinski definition) is 0. The minimum absolute atomic E-state index is 0.124. The lowest BCUT2D eigenvalue weighted by Gasteiger charge is -2.33. The fourth-order valence-electron chi connectivity index (χ4n) is 4.22. The van der Waals surface area contributed by atoms with Gasteiger partial charge in [-0.1, -0.05) is 36.7 Å². The maximum atomic E-state index is 13.7. The quantitative estimate of drug-likeness (QED) is 0.640. The second kappa shape index (κ2) is 7.88. The van der Waals surface area contributed by atoms with E-state index in [9.17, 15) is 14.0 Å². The number of amides is 2. The molecule has 0 bridgehead atoms. The number of benzene rings is 2. The van der Waals surface area contributed by atoms with Gasteiger partial charge in [-0.25, -0.2) is 9.29 Å². The zero-order valence-corrected chi connectivity index (χ0v) is 18.1. The van der Waals surface area contributed by atoms with Crippen molar-refractivity contribution in [3.8, 4) is 0 Å². The van der Waals surface area contributed by atoms with Crippen LogP contribution < -0.4 is 4.90 Å². The molecule has 0 saturated carbocycles. The lowest BCUT2D eigenvalue weighted by atomic mass is 9.96. The van der Waals surface area contributed by atoms with Gasteiger partial charge in [-0.3, -0.25) is 9.59 Å². The predicted octanol–water partition coefficient (Wildman–Crippen LogP) is 5.11. The molecule has 0 aromatic heterocycles. The standard InChI is InChI=1S/C24H24ClFN2O2/c1-14-5-4-10-27(13-14)22-21(17-7-6-15(2)16(3)11-17)23(29)28(24(22)30)18-8-9-20(26)19(25)12-18/h6-9,11-12,14H,4-5,10,13H2,1-3H3. The fourth-order valence-corrected chi connectivity index (χ4v) is 4.39. The van der Waals surface area contributed by atoms with E-state index in [2.05, 4.69) is 6.92 Å². The molecule has 1 saturated heterocycles. The van der Waals surface area contributed by atoms with Crippen LogP contribution in [0.3, 0.4) is 0 Å². The number of carbonyl (C=O) groups excluding carboxylic acids is 2. The van der Waals surface area contributed by atoms with Crippen LogP contribution in [0.25, 0.3) is 5.57 Å². The molecule has 2 aromatic rings. The van der Waals surface area contributed by atoms with Crippen LogP contribution in [-0.4, -0.2) is 29.8 Å². The van der Waals surface area contributed by atoms with Crippen LogP contribution in [0.15, 0.2) is 42.1 Å². The van der Waals surface area contributed by atoms with Crippen LogP contribution in [0.5, 0.6) is 0 Å². The van der Waals surface area contributed by atoms with Gasteiger partial charge in [0, 0.05) is 13.1 Å². The smallest absolute Gasteiger partial charge is 0.282 e. The van der Waals surface area contributed by atoms with E-state index in [0.29, 0.717) is 17.2 Å². The zero-order chi connectivity index (χ0) is 21.6. The Morgan fingerprint density at radius 2 is 1.80 bits per heavy atom. The number of rotatable bonds is 3. The molecule has 0 aliphatic carbocycles. The molecule has 0 N–H and O–H groups in total. The molecule has 156 valence electrons. The van der Waals surface area contributed by atoms with E-state index in [-0.39, 0.29) is 16.6 Å². The summed E-state index contributed by atoms with van der Waals surface area (Å²) < 4.78 is 13.7. The molecular formula is C24H24ClFN2O2. The Bertz CT molecular complexity index is 1080. The van der Waals surface area contributed by atoms with Gasteiger partial charge in [-0.15, -0.1) is 0 Å². The van der Waals surface area contributed by atoms with E-state index in [1.54, 1.807) is 0 Å². The summed E-state index contributed by atoms with van der Waals surface area (Å²) in [5.74, 6) is -0.944. The van der Waals surface area contributed by atoms with Crippen molar-refractivity contribution < 1.29 is 14.0 Å². The number of imide groups is 1. The van der Waals surface area contributed by atoms with Gasteiger partial charge in [0.1, 0.15) is 11.5 Å². The molecule has 1 atom stereocenters. The Labute approximate surface area is 180 Å². The average Bonchev–Trinajstić information content (AvgIpc) is 2.96. The molecule has 30 heavy (non-hydrogen) atoms. The van der Waals surface area contributed by atoms with E-state index in [0.717, 1.165) is 47.5 Å². The maximum absolute atomic E-state index is 13.7. The van der Waals surface area contributed by atoms with Crippen molar-refractivity contribution in [3.63, 3.8) is 0 Å². The molecule has 6 heteroatoms. The van der Waals surface area contributed by atoms with Gasteiger partial charge in [0.05, 0.1) is 16.3 Å². The number of nitrogens with zero attached hydrogens (tertiary/aromatic N) is 2. The highest BCUT2D eigenvalue weighted by Gasteiger charge is 2.43. The molecule has 4 nitrogen and oxygen atoms in total. The number of anilines is 1. The van der Waals surface area contributed by atoms with Crippen molar-refractivity contribution in [3.05, 3.63) is 69.6 Å². The third-order valence-corrected chi connectivity index (χ3v) is 6.28. The number of hydrogen-bond acceptors (Lipinski definition) is 3. The average molecular weight is 427 g/mol. The SMILES string of the molecule is Cc1ccc(C2=C(N3CCCC(C)C3)C(=O)N(c3ccc(F)c(Cl)c3)C2=O)cc1C. The van der Waals surface area contributed by atoms with Crippen LogP contribution >= 0.6 is 11.6 Å². The summed E-state index contributed by atoms with van der Waals surface area (Å²) in [6.07, 6.45) is 2.07. The lowest BCUT2D eigenvalue weighted by molar-refractivity contribution is -0.120.